The molecule has 28 heavy (non-hydrogen) atoms. The predicted octanol–water partition coefficient (Wildman–Crippen LogP) is 3.77. The Balaban J connectivity index is 1.88. The number of allylic oxidation sites excluding steroid dienone is 3. The van der Waals surface area contributed by atoms with Crippen molar-refractivity contribution >= 4 is 17.3 Å². The summed E-state index contributed by atoms with van der Waals surface area (Å²) in [5.74, 6) is -0.228. The van der Waals surface area contributed by atoms with Gasteiger partial charge in [0.2, 0.25) is 0 Å². The number of anilines is 2. The van der Waals surface area contributed by atoms with Gasteiger partial charge in [-0.25, -0.2) is 4.79 Å². The normalized spacial score (nSPS) is 19.6. The van der Waals surface area contributed by atoms with E-state index in [0.29, 0.717) is 6.61 Å². The molecule has 0 bridgehead atoms. The summed E-state index contributed by atoms with van der Waals surface area (Å²) in [4.78, 5) is 16.5. The molecule has 1 unspecified atom stereocenters. The van der Waals surface area contributed by atoms with Crippen molar-refractivity contribution in [2.75, 3.05) is 44.6 Å². The Morgan fingerprint density at radius 1 is 0.857 bits per heavy atom. The van der Waals surface area contributed by atoms with Crippen molar-refractivity contribution in [2.45, 2.75) is 5.41 Å². The number of nitrogens with zero attached hydrogens (tertiary/aromatic N) is 2. The summed E-state index contributed by atoms with van der Waals surface area (Å²) in [7, 11) is 8.15. The fourth-order valence-corrected chi connectivity index (χ4v) is 4.29. The SMILES string of the molecule is CN(C)c1ccc(C2(c3ccc(N(C)C)cc3)C=CC=C3C(=O)OCC32)cc1. The first-order valence-corrected chi connectivity index (χ1v) is 9.56. The van der Waals surface area contributed by atoms with Crippen LogP contribution in [0.5, 0.6) is 0 Å². The van der Waals surface area contributed by atoms with Gasteiger partial charge in [-0.05, 0) is 35.4 Å². The lowest BCUT2D eigenvalue weighted by Crippen LogP contribution is -2.37. The highest BCUT2D eigenvalue weighted by atomic mass is 16.5. The van der Waals surface area contributed by atoms with Crippen LogP contribution in [-0.2, 0) is 14.9 Å². The maximum Gasteiger partial charge on any atom is 0.334 e. The number of cyclic esters (lactones) is 1. The first-order chi connectivity index (χ1) is 13.4. The zero-order chi connectivity index (χ0) is 19.9. The number of benzene rings is 2. The summed E-state index contributed by atoms with van der Waals surface area (Å²) in [6, 6.07) is 17.2. The fraction of sp³-hybridized carbons (Fsp3) is 0.292. The van der Waals surface area contributed by atoms with Crippen molar-refractivity contribution in [1.29, 1.82) is 0 Å². The molecule has 2 aromatic carbocycles. The largest absolute Gasteiger partial charge is 0.462 e. The van der Waals surface area contributed by atoms with E-state index < -0.39 is 5.41 Å². The molecular formula is C24H26N2O2. The van der Waals surface area contributed by atoms with Crippen LogP contribution in [0.25, 0.3) is 0 Å². The average molecular weight is 374 g/mol. The number of rotatable bonds is 4. The minimum atomic E-state index is -0.425. The van der Waals surface area contributed by atoms with E-state index in [1.54, 1.807) is 0 Å². The van der Waals surface area contributed by atoms with Crippen molar-refractivity contribution < 1.29 is 9.53 Å². The Labute approximate surface area is 166 Å². The zero-order valence-electron chi connectivity index (χ0n) is 16.8. The maximum absolute atomic E-state index is 12.3. The average Bonchev–Trinajstić information content (AvgIpc) is 3.09. The molecule has 2 aliphatic rings. The molecule has 1 aliphatic carbocycles. The summed E-state index contributed by atoms with van der Waals surface area (Å²) in [5.41, 5.74) is 4.97. The van der Waals surface area contributed by atoms with E-state index in [1.807, 2.05) is 40.3 Å². The highest BCUT2D eigenvalue weighted by Gasteiger charge is 2.49. The van der Waals surface area contributed by atoms with Gasteiger partial charge in [-0.15, -0.1) is 0 Å². The van der Waals surface area contributed by atoms with Crippen LogP contribution < -0.4 is 9.80 Å². The quantitative estimate of drug-likeness (QED) is 0.763. The van der Waals surface area contributed by atoms with Crippen LogP contribution in [0.2, 0.25) is 0 Å². The molecule has 1 aliphatic heterocycles. The summed E-state index contributed by atoms with van der Waals surface area (Å²) in [6.07, 6.45) is 6.12. The van der Waals surface area contributed by atoms with Crippen molar-refractivity contribution in [3.63, 3.8) is 0 Å². The number of fused-ring (bicyclic) bond motifs is 1. The van der Waals surface area contributed by atoms with Crippen molar-refractivity contribution in [2.24, 2.45) is 5.92 Å². The third-order valence-electron chi connectivity index (χ3n) is 5.90. The maximum atomic E-state index is 12.3. The molecular weight excluding hydrogens is 348 g/mol. The standard InChI is InChI=1S/C24H26N2O2/c1-25(2)19-11-7-17(8-12-19)24(18-9-13-20(14-10-18)26(3)4)15-5-6-21-22(24)16-28-23(21)27/h5-15,22H,16H2,1-4H3. The minimum absolute atomic E-state index is 0.0274. The smallest absolute Gasteiger partial charge is 0.334 e. The number of hydrogen-bond acceptors (Lipinski definition) is 4. The minimum Gasteiger partial charge on any atom is -0.462 e. The first-order valence-electron chi connectivity index (χ1n) is 9.56. The van der Waals surface area contributed by atoms with Gasteiger partial charge in [0.1, 0.15) is 6.61 Å². The Hall–Kier alpha value is -3.01. The van der Waals surface area contributed by atoms with Crippen LogP contribution in [0.3, 0.4) is 0 Å². The molecule has 4 heteroatoms. The molecule has 0 spiro atoms. The zero-order valence-corrected chi connectivity index (χ0v) is 16.8. The van der Waals surface area contributed by atoms with E-state index in [2.05, 4.69) is 64.4 Å². The first kappa shape index (κ1) is 18.4. The van der Waals surface area contributed by atoms with Gasteiger partial charge >= 0.3 is 5.97 Å². The molecule has 0 amide bonds. The van der Waals surface area contributed by atoms with Gasteiger partial charge in [0.05, 0.1) is 0 Å². The number of hydrogen-bond donors (Lipinski definition) is 0. The second-order valence-electron chi connectivity index (χ2n) is 7.88. The molecule has 0 N–H and O–H groups in total. The summed E-state index contributed by atoms with van der Waals surface area (Å²) >= 11 is 0. The van der Waals surface area contributed by atoms with Crippen LogP contribution in [0.4, 0.5) is 11.4 Å². The highest BCUT2D eigenvalue weighted by molar-refractivity contribution is 5.93. The van der Waals surface area contributed by atoms with Gasteiger partial charge in [-0.1, -0.05) is 42.5 Å². The fourth-order valence-electron chi connectivity index (χ4n) is 4.29. The lowest BCUT2D eigenvalue weighted by atomic mass is 9.62. The van der Waals surface area contributed by atoms with E-state index in [4.69, 9.17) is 4.74 Å². The van der Waals surface area contributed by atoms with Gasteiger partial charge in [0.15, 0.2) is 0 Å². The second kappa shape index (κ2) is 6.86. The highest BCUT2D eigenvalue weighted by Crippen LogP contribution is 2.49. The number of ether oxygens (including phenoxy) is 1. The lowest BCUT2D eigenvalue weighted by molar-refractivity contribution is -0.135. The Morgan fingerprint density at radius 2 is 1.36 bits per heavy atom. The molecule has 0 radical (unpaired) electrons. The van der Waals surface area contributed by atoms with E-state index in [1.165, 1.54) is 11.1 Å². The summed E-state index contributed by atoms with van der Waals surface area (Å²) in [5, 5.41) is 0. The monoisotopic (exact) mass is 374 g/mol. The Kier molecular flexibility index (Phi) is 4.50. The van der Waals surface area contributed by atoms with E-state index in [-0.39, 0.29) is 11.9 Å². The number of carbonyl (C=O) groups is 1. The van der Waals surface area contributed by atoms with Crippen molar-refractivity contribution in [3.05, 3.63) is 83.5 Å². The third kappa shape index (κ3) is 2.80. The number of carbonyl (C=O) groups excluding carboxylic acids is 1. The molecule has 1 saturated heterocycles. The van der Waals surface area contributed by atoms with Crippen LogP contribution in [0, 0.1) is 5.92 Å². The van der Waals surface area contributed by atoms with Crippen LogP contribution >= 0.6 is 0 Å². The van der Waals surface area contributed by atoms with Gasteiger partial charge < -0.3 is 14.5 Å². The summed E-state index contributed by atoms with van der Waals surface area (Å²) in [6.45, 7) is 0.403. The van der Waals surface area contributed by atoms with Gasteiger partial charge in [-0.3, -0.25) is 0 Å². The molecule has 1 atom stereocenters. The lowest BCUT2D eigenvalue weighted by Gasteiger charge is -2.39. The molecule has 0 saturated carbocycles. The summed E-state index contributed by atoms with van der Waals surface area (Å²) < 4.78 is 5.46. The van der Waals surface area contributed by atoms with Gasteiger partial charge in [-0.2, -0.15) is 0 Å². The molecule has 144 valence electrons. The van der Waals surface area contributed by atoms with Gasteiger partial charge in [0, 0.05) is 56.5 Å². The van der Waals surface area contributed by atoms with Crippen LogP contribution in [0.15, 0.2) is 72.3 Å². The Morgan fingerprint density at radius 3 is 1.82 bits per heavy atom. The topological polar surface area (TPSA) is 32.8 Å². The third-order valence-corrected chi connectivity index (χ3v) is 5.90. The molecule has 0 aromatic heterocycles. The molecule has 1 heterocycles. The van der Waals surface area contributed by atoms with E-state index in [0.717, 1.165) is 16.9 Å². The van der Waals surface area contributed by atoms with E-state index in [9.17, 15) is 4.79 Å². The van der Waals surface area contributed by atoms with Crippen LogP contribution in [0.1, 0.15) is 11.1 Å². The van der Waals surface area contributed by atoms with Crippen LogP contribution in [-0.4, -0.2) is 40.8 Å². The van der Waals surface area contributed by atoms with Crippen molar-refractivity contribution in [1.82, 2.24) is 0 Å². The predicted molar refractivity (Wildman–Crippen MR) is 114 cm³/mol. The molecule has 1 fully saturated rings. The number of esters is 1. The van der Waals surface area contributed by atoms with Crippen molar-refractivity contribution in [3.8, 4) is 0 Å². The van der Waals surface area contributed by atoms with Gasteiger partial charge in [0.25, 0.3) is 0 Å². The van der Waals surface area contributed by atoms with E-state index >= 15 is 0 Å². The molecule has 4 rings (SSSR count). The Bertz CT molecular complexity index is 886. The molecule has 4 nitrogen and oxygen atoms in total. The molecule has 2 aromatic rings. The second-order valence-corrected chi connectivity index (χ2v) is 7.88.